The molecule has 1 aromatic rings. The number of hydrogen-bond donors (Lipinski definition) is 1. The highest BCUT2D eigenvalue weighted by Gasteiger charge is 2.68. The van der Waals surface area contributed by atoms with Gasteiger partial charge in [-0.05, 0) is 24.7 Å². The molecule has 1 N–H and O–H groups in total. The Morgan fingerprint density at radius 1 is 1.62 bits per heavy atom. The van der Waals surface area contributed by atoms with E-state index in [4.69, 9.17) is 10.4 Å². The van der Waals surface area contributed by atoms with Gasteiger partial charge in [0.05, 0.1) is 24.2 Å². The van der Waals surface area contributed by atoms with Crippen molar-refractivity contribution in [2.45, 2.75) is 25.8 Å². The molecule has 0 saturated heterocycles. The van der Waals surface area contributed by atoms with E-state index in [-0.39, 0.29) is 16.5 Å². The molecule has 6 heteroatoms. The first kappa shape index (κ1) is 9.33. The molecule has 3 saturated carbocycles. The zero-order valence-corrected chi connectivity index (χ0v) is 8.55. The Morgan fingerprint density at radius 3 is 2.81 bits per heavy atom. The lowest BCUT2D eigenvalue weighted by atomic mass is 9.36. The lowest BCUT2D eigenvalue weighted by Gasteiger charge is -2.66. The Labute approximate surface area is 91.5 Å². The molecule has 1 heterocycles. The number of carboxylic acids is 1. The zero-order valence-electron chi connectivity index (χ0n) is 8.55. The third-order valence-electron chi connectivity index (χ3n) is 3.61. The van der Waals surface area contributed by atoms with Gasteiger partial charge in [0.15, 0.2) is 5.69 Å². The van der Waals surface area contributed by atoms with Crippen LogP contribution in [0.5, 0.6) is 0 Å². The molecule has 82 valence electrons. The number of rotatable bonds is 3. The van der Waals surface area contributed by atoms with Gasteiger partial charge in [0.2, 0.25) is 0 Å². The first-order chi connectivity index (χ1) is 7.56. The predicted molar refractivity (Wildman–Crippen MR) is 51.3 cm³/mol. The van der Waals surface area contributed by atoms with Crippen LogP contribution in [0.2, 0.25) is 0 Å². The van der Waals surface area contributed by atoms with Gasteiger partial charge in [-0.25, -0.2) is 4.79 Å². The first-order valence-corrected chi connectivity index (χ1v) is 5.11. The Bertz CT molecular complexity index is 493. The van der Waals surface area contributed by atoms with E-state index in [0.29, 0.717) is 6.54 Å². The molecule has 0 spiro atoms. The predicted octanol–water partition coefficient (Wildman–Crippen LogP) is 0.670. The molecule has 0 aromatic carbocycles. The third-order valence-corrected chi connectivity index (χ3v) is 3.61. The van der Waals surface area contributed by atoms with Gasteiger partial charge in [-0.2, -0.15) is 15.2 Å². The summed E-state index contributed by atoms with van der Waals surface area (Å²) >= 11 is 0. The summed E-state index contributed by atoms with van der Waals surface area (Å²) in [5, 5.41) is 25.4. The van der Waals surface area contributed by atoms with E-state index in [2.05, 4.69) is 16.3 Å². The SMILES string of the molecule is N#CC12CC(Cn3ncc(C(=O)O)n3)(C1)C2. The fourth-order valence-corrected chi connectivity index (χ4v) is 3.06. The molecule has 6 nitrogen and oxygen atoms in total. The zero-order chi connectivity index (χ0) is 11.4. The summed E-state index contributed by atoms with van der Waals surface area (Å²) in [5.41, 5.74) is 0.0504. The number of carbonyl (C=O) groups is 1. The van der Waals surface area contributed by atoms with Crippen molar-refractivity contribution >= 4 is 5.97 Å². The quantitative estimate of drug-likeness (QED) is 0.804. The van der Waals surface area contributed by atoms with Crippen LogP contribution in [0.4, 0.5) is 0 Å². The van der Waals surface area contributed by atoms with E-state index >= 15 is 0 Å². The van der Waals surface area contributed by atoms with E-state index in [1.54, 1.807) is 0 Å². The second kappa shape index (κ2) is 2.61. The fourth-order valence-electron chi connectivity index (χ4n) is 3.06. The van der Waals surface area contributed by atoms with Gasteiger partial charge in [-0.1, -0.05) is 0 Å². The van der Waals surface area contributed by atoms with E-state index in [1.165, 1.54) is 11.0 Å². The molecule has 16 heavy (non-hydrogen) atoms. The summed E-state index contributed by atoms with van der Waals surface area (Å²) in [6, 6.07) is 2.33. The molecule has 3 aliphatic rings. The molecule has 2 bridgehead atoms. The highest BCUT2D eigenvalue weighted by atomic mass is 16.4. The molecular formula is C10H10N4O2. The molecule has 0 unspecified atom stereocenters. The van der Waals surface area contributed by atoms with Crippen molar-refractivity contribution in [3.05, 3.63) is 11.9 Å². The van der Waals surface area contributed by atoms with Crippen LogP contribution in [0.1, 0.15) is 29.8 Å². The van der Waals surface area contributed by atoms with Crippen molar-refractivity contribution in [1.82, 2.24) is 15.0 Å². The van der Waals surface area contributed by atoms with Crippen LogP contribution in [-0.4, -0.2) is 26.1 Å². The van der Waals surface area contributed by atoms with E-state index < -0.39 is 5.97 Å². The van der Waals surface area contributed by atoms with Gasteiger partial charge < -0.3 is 5.11 Å². The summed E-state index contributed by atoms with van der Waals surface area (Å²) in [5.74, 6) is -1.06. The molecule has 0 amide bonds. The Hall–Kier alpha value is -1.90. The second-order valence-corrected chi connectivity index (χ2v) is 4.99. The highest BCUT2D eigenvalue weighted by molar-refractivity contribution is 5.84. The maximum Gasteiger partial charge on any atom is 0.358 e. The minimum absolute atomic E-state index is 0.0263. The summed E-state index contributed by atoms with van der Waals surface area (Å²) in [6.07, 6.45) is 3.97. The van der Waals surface area contributed by atoms with Crippen LogP contribution in [-0.2, 0) is 6.54 Å². The van der Waals surface area contributed by atoms with Crippen LogP contribution < -0.4 is 0 Å². The number of aromatic nitrogens is 3. The molecule has 0 aliphatic heterocycles. The Morgan fingerprint density at radius 2 is 2.31 bits per heavy atom. The number of carboxylic acid groups (broad SMARTS) is 1. The monoisotopic (exact) mass is 218 g/mol. The van der Waals surface area contributed by atoms with Crippen molar-refractivity contribution in [1.29, 1.82) is 5.26 Å². The van der Waals surface area contributed by atoms with E-state index in [0.717, 1.165) is 19.3 Å². The Kier molecular flexibility index (Phi) is 1.52. The lowest BCUT2D eigenvalue weighted by Crippen LogP contribution is -2.62. The first-order valence-electron chi connectivity index (χ1n) is 5.11. The maximum atomic E-state index is 10.6. The lowest BCUT2D eigenvalue weighted by molar-refractivity contribution is -0.175. The molecule has 1 aromatic heterocycles. The van der Waals surface area contributed by atoms with E-state index in [1.807, 2.05) is 0 Å². The smallest absolute Gasteiger partial charge is 0.358 e. The molecule has 3 aliphatic carbocycles. The molecule has 4 rings (SSSR count). The normalized spacial score (nSPS) is 34.7. The van der Waals surface area contributed by atoms with Crippen LogP contribution in [0, 0.1) is 22.2 Å². The largest absolute Gasteiger partial charge is 0.476 e. The van der Waals surface area contributed by atoms with Crippen molar-refractivity contribution < 1.29 is 9.90 Å². The molecular weight excluding hydrogens is 208 g/mol. The average molecular weight is 218 g/mol. The van der Waals surface area contributed by atoms with E-state index in [9.17, 15) is 4.79 Å². The van der Waals surface area contributed by atoms with Gasteiger partial charge >= 0.3 is 5.97 Å². The number of hydrogen-bond acceptors (Lipinski definition) is 4. The highest BCUT2D eigenvalue weighted by Crippen LogP contribution is 2.73. The molecule has 0 radical (unpaired) electrons. The van der Waals surface area contributed by atoms with Gasteiger partial charge in [0, 0.05) is 0 Å². The molecule has 3 fully saturated rings. The Balaban J connectivity index is 1.69. The summed E-state index contributed by atoms with van der Waals surface area (Å²) in [6.45, 7) is 0.629. The minimum atomic E-state index is -1.06. The van der Waals surface area contributed by atoms with Gasteiger partial charge in [-0.15, -0.1) is 5.10 Å². The topological polar surface area (TPSA) is 91.8 Å². The number of nitriles is 1. The van der Waals surface area contributed by atoms with Crippen molar-refractivity contribution in [2.24, 2.45) is 10.8 Å². The van der Waals surface area contributed by atoms with Gasteiger partial charge in [0.1, 0.15) is 0 Å². The number of nitrogens with zero attached hydrogens (tertiary/aromatic N) is 4. The van der Waals surface area contributed by atoms with Crippen molar-refractivity contribution in [3.8, 4) is 6.07 Å². The number of aromatic carboxylic acids is 1. The maximum absolute atomic E-state index is 10.6. The average Bonchev–Trinajstić information content (AvgIpc) is 2.57. The third kappa shape index (κ3) is 1.08. The fraction of sp³-hybridized carbons (Fsp3) is 0.600. The van der Waals surface area contributed by atoms with Crippen LogP contribution in [0.25, 0.3) is 0 Å². The van der Waals surface area contributed by atoms with Gasteiger partial charge in [-0.3, -0.25) is 0 Å². The molecule has 0 atom stereocenters. The standard InChI is InChI=1S/C10H10N4O2/c11-5-9-2-10(3-9,4-9)6-14-12-1-7(13-14)8(15)16/h1H,2-4,6H2,(H,15,16). The second-order valence-electron chi connectivity index (χ2n) is 4.99. The van der Waals surface area contributed by atoms with Crippen LogP contribution >= 0.6 is 0 Å². The van der Waals surface area contributed by atoms with Crippen LogP contribution in [0.15, 0.2) is 6.20 Å². The van der Waals surface area contributed by atoms with Crippen molar-refractivity contribution in [3.63, 3.8) is 0 Å². The van der Waals surface area contributed by atoms with Crippen LogP contribution in [0.3, 0.4) is 0 Å². The summed E-state index contributed by atoms with van der Waals surface area (Å²) < 4.78 is 0. The van der Waals surface area contributed by atoms with Gasteiger partial charge in [0.25, 0.3) is 0 Å². The summed E-state index contributed by atoms with van der Waals surface area (Å²) in [7, 11) is 0. The minimum Gasteiger partial charge on any atom is -0.476 e. The van der Waals surface area contributed by atoms with Crippen molar-refractivity contribution in [2.75, 3.05) is 0 Å². The summed E-state index contributed by atoms with van der Waals surface area (Å²) in [4.78, 5) is 12.0.